The van der Waals surface area contributed by atoms with E-state index in [2.05, 4.69) is 5.32 Å². The fourth-order valence-corrected chi connectivity index (χ4v) is 1.14. The first-order valence-electron chi connectivity index (χ1n) is 3.38. The number of carbonyl (C=O) groups excluding carboxylic acids is 1. The monoisotopic (exact) mass is 158 g/mol. The average Bonchev–Trinajstić information content (AvgIpc) is 1.75. The van der Waals surface area contributed by atoms with E-state index in [0.717, 1.165) is 0 Å². The third kappa shape index (κ3) is 1.83. The molecule has 0 atom stereocenters. The molecule has 2 amide bonds. The summed E-state index contributed by atoms with van der Waals surface area (Å²) in [5, 5.41) is 10.5. The molecule has 0 saturated heterocycles. The Bertz CT molecular complexity index is 186. The van der Waals surface area contributed by atoms with E-state index in [-0.39, 0.29) is 17.9 Å². The minimum Gasteiger partial charge on any atom is -0.465 e. The first-order chi connectivity index (χ1) is 5.09. The molecule has 5 nitrogen and oxygen atoms in total. The number of primary amides is 1. The van der Waals surface area contributed by atoms with Crippen LogP contribution in [0.5, 0.6) is 0 Å². The molecule has 1 fully saturated rings. The van der Waals surface area contributed by atoms with Crippen LogP contribution in [0.3, 0.4) is 0 Å². The lowest BCUT2D eigenvalue weighted by Gasteiger charge is -2.32. The molecule has 0 unspecified atom stereocenters. The van der Waals surface area contributed by atoms with Crippen molar-refractivity contribution >= 4 is 12.0 Å². The topological polar surface area (TPSA) is 92.4 Å². The fourth-order valence-electron chi connectivity index (χ4n) is 1.14. The zero-order chi connectivity index (χ0) is 8.43. The van der Waals surface area contributed by atoms with Crippen LogP contribution in [-0.4, -0.2) is 23.1 Å². The highest BCUT2D eigenvalue weighted by atomic mass is 16.4. The van der Waals surface area contributed by atoms with Gasteiger partial charge in [-0.1, -0.05) is 0 Å². The van der Waals surface area contributed by atoms with E-state index in [1.165, 1.54) is 0 Å². The highest BCUT2D eigenvalue weighted by molar-refractivity contribution is 5.78. The van der Waals surface area contributed by atoms with Gasteiger partial charge in [0, 0.05) is 12.0 Å². The Balaban J connectivity index is 2.19. The van der Waals surface area contributed by atoms with E-state index in [1.54, 1.807) is 0 Å². The molecule has 4 N–H and O–H groups in total. The minimum atomic E-state index is -1.04. The Morgan fingerprint density at radius 3 is 2.36 bits per heavy atom. The van der Waals surface area contributed by atoms with E-state index in [1.807, 2.05) is 0 Å². The van der Waals surface area contributed by atoms with Gasteiger partial charge in [-0.15, -0.1) is 0 Å². The Morgan fingerprint density at radius 1 is 1.45 bits per heavy atom. The Kier molecular flexibility index (Phi) is 1.98. The second-order valence-corrected chi connectivity index (χ2v) is 2.72. The maximum absolute atomic E-state index is 10.5. The summed E-state index contributed by atoms with van der Waals surface area (Å²) in [7, 11) is 0. The molecule has 1 aliphatic rings. The van der Waals surface area contributed by atoms with Crippen molar-refractivity contribution in [1.29, 1.82) is 0 Å². The van der Waals surface area contributed by atoms with Gasteiger partial charge in [0.1, 0.15) is 0 Å². The number of nitrogens with one attached hydrogen (secondary N) is 1. The van der Waals surface area contributed by atoms with E-state index >= 15 is 0 Å². The summed E-state index contributed by atoms with van der Waals surface area (Å²) < 4.78 is 0. The number of carbonyl (C=O) groups is 2. The van der Waals surface area contributed by atoms with Gasteiger partial charge in [0.2, 0.25) is 5.91 Å². The van der Waals surface area contributed by atoms with Crippen molar-refractivity contribution in [3.63, 3.8) is 0 Å². The van der Waals surface area contributed by atoms with E-state index in [0.29, 0.717) is 12.8 Å². The van der Waals surface area contributed by atoms with Crippen LogP contribution in [0, 0.1) is 5.92 Å². The largest absolute Gasteiger partial charge is 0.465 e. The third-order valence-corrected chi connectivity index (χ3v) is 1.87. The van der Waals surface area contributed by atoms with Gasteiger partial charge >= 0.3 is 6.09 Å². The van der Waals surface area contributed by atoms with Crippen LogP contribution >= 0.6 is 0 Å². The van der Waals surface area contributed by atoms with E-state index in [9.17, 15) is 9.59 Å². The molecule has 0 aromatic heterocycles. The molecule has 5 heteroatoms. The Labute approximate surface area is 63.6 Å². The van der Waals surface area contributed by atoms with Crippen LogP contribution in [0.1, 0.15) is 12.8 Å². The maximum atomic E-state index is 10.5. The molecular formula is C6H10N2O3. The third-order valence-electron chi connectivity index (χ3n) is 1.87. The summed E-state index contributed by atoms with van der Waals surface area (Å²) in [6.07, 6.45) is 0.0430. The second kappa shape index (κ2) is 2.77. The molecule has 0 aromatic carbocycles. The lowest BCUT2D eigenvalue weighted by atomic mass is 9.80. The minimum absolute atomic E-state index is 0.0787. The summed E-state index contributed by atoms with van der Waals surface area (Å²) in [5.41, 5.74) is 4.98. The molecule has 1 rings (SSSR count). The molecule has 11 heavy (non-hydrogen) atoms. The standard InChI is InChI=1S/C6H10N2O3/c7-5(9)3-1-4(2-3)8-6(10)11/h3-4,8H,1-2H2,(H2,7,9)(H,10,11)/t3-,4-. The van der Waals surface area contributed by atoms with Gasteiger partial charge in [0.05, 0.1) is 0 Å². The van der Waals surface area contributed by atoms with Crippen LogP contribution in [0.15, 0.2) is 0 Å². The lowest BCUT2D eigenvalue weighted by Crippen LogP contribution is -2.47. The first kappa shape index (κ1) is 7.84. The number of nitrogens with two attached hydrogens (primary N) is 1. The average molecular weight is 158 g/mol. The molecule has 0 heterocycles. The maximum Gasteiger partial charge on any atom is 0.404 e. The van der Waals surface area contributed by atoms with Crippen LogP contribution < -0.4 is 11.1 Å². The predicted octanol–water partition coefficient (Wildman–Crippen LogP) is -0.482. The lowest BCUT2D eigenvalue weighted by molar-refractivity contribution is -0.124. The Hall–Kier alpha value is -1.26. The van der Waals surface area contributed by atoms with E-state index in [4.69, 9.17) is 10.8 Å². The van der Waals surface area contributed by atoms with Crippen LogP contribution in [0.4, 0.5) is 4.79 Å². The van der Waals surface area contributed by atoms with Crippen LogP contribution in [-0.2, 0) is 4.79 Å². The predicted molar refractivity (Wildman–Crippen MR) is 36.9 cm³/mol. The molecule has 0 aliphatic heterocycles. The Morgan fingerprint density at radius 2 is 2.00 bits per heavy atom. The van der Waals surface area contributed by atoms with Crippen LogP contribution in [0.25, 0.3) is 0 Å². The molecule has 1 aliphatic carbocycles. The SMILES string of the molecule is NC(=O)[C@H]1C[C@H](NC(=O)O)C1. The van der Waals surface area contributed by atoms with Crippen molar-refractivity contribution in [1.82, 2.24) is 5.32 Å². The van der Waals surface area contributed by atoms with Crippen molar-refractivity contribution in [3.8, 4) is 0 Å². The fraction of sp³-hybridized carbons (Fsp3) is 0.667. The van der Waals surface area contributed by atoms with E-state index < -0.39 is 6.09 Å². The summed E-state index contributed by atoms with van der Waals surface area (Å²) in [5.74, 6) is -0.472. The number of hydrogen-bond acceptors (Lipinski definition) is 2. The molecular weight excluding hydrogens is 148 g/mol. The van der Waals surface area contributed by atoms with Crippen molar-refractivity contribution in [2.24, 2.45) is 11.7 Å². The zero-order valence-corrected chi connectivity index (χ0v) is 5.91. The zero-order valence-electron chi connectivity index (χ0n) is 5.91. The first-order valence-corrected chi connectivity index (χ1v) is 3.38. The van der Waals surface area contributed by atoms with Gasteiger partial charge in [-0.25, -0.2) is 4.79 Å². The molecule has 0 bridgehead atoms. The summed E-state index contributed by atoms with van der Waals surface area (Å²) in [4.78, 5) is 20.5. The molecule has 62 valence electrons. The second-order valence-electron chi connectivity index (χ2n) is 2.72. The molecule has 0 radical (unpaired) electrons. The molecule has 0 spiro atoms. The molecule has 1 saturated carbocycles. The highest BCUT2D eigenvalue weighted by Gasteiger charge is 2.33. The summed E-state index contributed by atoms with van der Waals surface area (Å²) in [6, 6.07) is -0.0787. The van der Waals surface area contributed by atoms with Gasteiger partial charge < -0.3 is 16.2 Å². The van der Waals surface area contributed by atoms with Crippen molar-refractivity contribution in [2.45, 2.75) is 18.9 Å². The number of carboxylic acid groups (broad SMARTS) is 1. The summed E-state index contributed by atoms with van der Waals surface area (Å²) in [6.45, 7) is 0. The van der Waals surface area contributed by atoms with Gasteiger partial charge in [-0.2, -0.15) is 0 Å². The van der Waals surface area contributed by atoms with Gasteiger partial charge in [-0.3, -0.25) is 4.79 Å². The normalized spacial score (nSPS) is 28.7. The highest BCUT2D eigenvalue weighted by Crippen LogP contribution is 2.26. The van der Waals surface area contributed by atoms with Gasteiger partial charge in [0.15, 0.2) is 0 Å². The number of rotatable bonds is 2. The number of hydrogen-bond donors (Lipinski definition) is 3. The molecule has 0 aromatic rings. The quantitative estimate of drug-likeness (QED) is 0.506. The van der Waals surface area contributed by atoms with Crippen molar-refractivity contribution < 1.29 is 14.7 Å². The summed E-state index contributed by atoms with van der Waals surface area (Å²) >= 11 is 0. The van der Waals surface area contributed by atoms with Crippen LogP contribution in [0.2, 0.25) is 0 Å². The van der Waals surface area contributed by atoms with Crippen molar-refractivity contribution in [2.75, 3.05) is 0 Å². The van der Waals surface area contributed by atoms with Gasteiger partial charge in [0.25, 0.3) is 0 Å². The van der Waals surface area contributed by atoms with Crippen molar-refractivity contribution in [3.05, 3.63) is 0 Å². The smallest absolute Gasteiger partial charge is 0.404 e. The number of amides is 2. The van der Waals surface area contributed by atoms with Gasteiger partial charge in [-0.05, 0) is 12.8 Å².